The molecule has 0 amide bonds. The van der Waals surface area contributed by atoms with Crippen molar-refractivity contribution in [1.82, 2.24) is 24.8 Å². The van der Waals surface area contributed by atoms with E-state index in [0.29, 0.717) is 0 Å². The van der Waals surface area contributed by atoms with Gasteiger partial charge in [0.05, 0.1) is 0 Å². The van der Waals surface area contributed by atoms with Crippen LogP contribution < -0.4 is 5.32 Å². The number of fused-ring (bicyclic) bond motifs is 1. The highest BCUT2D eigenvalue weighted by atomic mass is 32.1. The number of rotatable bonds is 5. The Labute approximate surface area is 171 Å². The van der Waals surface area contributed by atoms with Crippen LogP contribution in [0.3, 0.4) is 0 Å². The predicted molar refractivity (Wildman–Crippen MR) is 116 cm³/mol. The van der Waals surface area contributed by atoms with E-state index in [1.165, 1.54) is 11.1 Å². The first-order valence-electron chi connectivity index (χ1n) is 9.30. The fourth-order valence-electron chi connectivity index (χ4n) is 3.25. The minimum absolute atomic E-state index is 0.104. The maximum Gasteiger partial charge on any atom is 0.186 e. The number of benzene rings is 1. The molecule has 6 nitrogen and oxygen atoms in total. The van der Waals surface area contributed by atoms with Crippen LogP contribution in [0, 0.1) is 0 Å². The van der Waals surface area contributed by atoms with Crippen molar-refractivity contribution in [3.63, 3.8) is 0 Å². The van der Waals surface area contributed by atoms with Crippen molar-refractivity contribution in [1.29, 1.82) is 0 Å². The number of hydrogen-bond donors (Lipinski definition) is 1. The molecule has 1 atom stereocenters. The third-order valence-corrected chi connectivity index (χ3v) is 5.51. The molecule has 0 radical (unpaired) electrons. The maximum absolute atomic E-state index is 4.70. The Morgan fingerprint density at radius 3 is 2.41 bits per heavy atom. The second-order valence-electron chi connectivity index (χ2n) is 6.75. The summed E-state index contributed by atoms with van der Waals surface area (Å²) in [6.45, 7) is 2.12. The number of aromatic nitrogens is 5. The van der Waals surface area contributed by atoms with Gasteiger partial charge in [-0.05, 0) is 59.3 Å². The van der Waals surface area contributed by atoms with Crippen molar-refractivity contribution in [2.75, 3.05) is 5.32 Å². The Kier molecular flexibility index (Phi) is 4.50. The van der Waals surface area contributed by atoms with E-state index in [2.05, 4.69) is 51.7 Å². The summed E-state index contributed by atoms with van der Waals surface area (Å²) in [7, 11) is 0. The summed E-state index contributed by atoms with van der Waals surface area (Å²) in [6, 6.07) is 18.6. The van der Waals surface area contributed by atoms with E-state index in [-0.39, 0.29) is 6.04 Å². The highest BCUT2D eigenvalue weighted by Gasteiger charge is 2.12. The van der Waals surface area contributed by atoms with E-state index in [9.17, 15) is 0 Å². The normalized spacial score (nSPS) is 12.2. The van der Waals surface area contributed by atoms with Crippen molar-refractivity contribution in [3.8, 4) is 22.5 Å². The van der Waals surface area contributed by atoms with Crippen LogP contribution in [0.5, 0.6) is 0 Å². The van der Waals surface area contributed by atoms with Gasteiger partial charge in [0.2, 0.25) is 0 Å². The first-order chi connectivity index (χ1) is 14.3. The lowest BCUT2D eigenvalue weighted by Gasteiger charge is -2.15. The van der Waals surface area contributed by atoms with Crippen LogP contribution in [0.2, 0.25) is 0 Å². The van der Waals surface area contributed by atoms with E-state index in [1.807, 2.05) is 53.5 Å². The standard InChI is InChI=1S/C22H18N6S/c1-15(16-2-4-17(5-3-16)18-8-11-23-12-9-18)24-20-6-7-21-25-26-22(28(21)27-20)19-10-13-29-14-19/h2-15H,1H3,(H,24,27). The Balaban J connectivity index is 1.38. The van der Waals surface area contributed by atoms with E-state index in [1.54, 1.807) is 15.9 Å². The Morgan fingerprint density at radius 2 is 1.66 bits per heavy atom. The minimum Gasteiger partial charge on any atom is -0.362 e. The molecular weight excluding hydrogens is 380 g/mol. The molecule has 0 bridgehead atoms. The minimum atomic E-state index is 0.104. The molecule has 1 aromatic carbocycles. The first kappa shape index (κ1) is 17.5. The zero-order valence-corrected chi connectivity index (χ0v) is 16.5. The summed E-state index contributed by atoms with van der Waals surface area (Å²) >= 11 is 1.63. The van der Waals surface area contributed by atoms with Gasteiger partial charge in [0.15, 0.2) is 11.5 Å². The summed E-state index contributed by atoms with van der Waals surface area (Å²) in [5.74, 6) is 1.53. The molecule has 0 saturated carbocycles. The molecule has 1 unspecified atom stereocenters. The van der Waals surface area contributed by atoms with E-state index in [4.69, 9.17) is 5.10 Å². The molecule has 0 saturated heterocycles. The number of hydrogen-bond acceptors (Lipinski definition) is 6. The Bertz CT molecular complexity index is 1230. The van der Waals surface area contributed by atoms with Gasteiger partial charge >= 0.3 is 0 Å². The molecule has 0 aliphatic heterocycles. The van der Waals surface area contributed by atoms with Crippen molar-refractivity contribution >= 4 is 22.8 Å². The summed E-state index contributed by atoms with van der Waals surface area (Å²) in [5.41, 5.74) is 5.27. The molecular formula is C22H18N6S. The van der Waals surface area contributed by atoms with Gasteiger partial charge in [0.1, 0.15) is 5.82 Å². The first-order valence-corrected chi connectivity index (χ1v) is 10.2. The van der Waals surface area contributed by atoms with Crippen LogP contribution in [-0.4, -0.2) is 24.8 Å². The lowest BCUT2D eigenvalue weighted by molar-refractivity contribution is 0.847. The van der Waals surface area contributed by atoms with Crippen LogP contribution in [0.15, 0.2) is 77.8 Å². The molecule has 0 fully saturated rings. The molecule has 0 aliphatic rings. The second-order valence-corrected chi connectivity index (χ2v) is 7.53. The fourth-order valence-corrected chi connectivity index (χ4v) is 3.89. The van der Waals surface area contributed by atoms with Crippen LogP contribution in [0.25, 0.3) is 28.2 Å². The maximum atomic E-state index is 4.70. The van der Waals surface area contributed by atoms with Gasteiger partial charge in [-0.15, -0.1) is 15.3 Å². The fraction of sp³-hybridized carbons (Fsp3) is 0.0909. The zero-order valence-electron chi connectivity index (χ0n) is 15.7. The number of nitrogens with one attached hydrogen (secondary N) is 1. The molecule has 4 aromatic heterocycles. The zero-order chi connectivity index (χ0) is 19.6. The molecule has 5 aromatic rings. The van der Waals surface area contributed by atoms with Crippen LogP contribution >= 0.6 is 11.3 Å². The van der Waals surface area contributed by atoms with Crippen molar-refractivity contribution in [2.45, 2.75) is 13.0 Å². The number of nitrogens with zero attached hydrogens (tertiary/aromatic N) is 5. The van der Waals surface area contributed by atoms with E-state index in [0.717, 1.165) is 28.4 Å². The third kappa shape index (κ3) is 3.48. The smallest absolute Gasteiger partial charge is 0.186 e. The van der Waals surface area contributed by atoms with Crippen molar-refractivity contribution < 1.29 is 0 Å². The average Bonchev–Trinajstić information content (AvgIpc) is 3.44. The summed E-state index contributed by atoms with van der Waals surface area (Å²) in [4.78, 5) is 4.08. The lowest BCUT2D eigenvalue weighted by Crippen LogP contribution is -2.09. The number of anilines is 1. The molecule has 142 valence electrons. The topological polar surface area (TPSA) is 68.0 Å². The van der Waals surface area contributed by atoms with Gasteiger partial charge in [0, 0.05) is 29.4 Å². The summed E-state index contributed by atoms with van der Waals surface area (Å²) in [5, 5.41) is 20.7. The quantitative estimate of drug-likeness (QED) is 0.447. The Morgan fingerprint density at radius 1 is 0.862 bits per heavy atom. The average molecular weight is 398 g/mol. The highest BCUT2D eigenvalue weighted by molar-refractivity contribution is 7.08. The monoisotopic (exact) mass is 398 g/mol. The molecule has 5 rings (SSSR count). The number of thiophene rings is 1. The van der Waals surface area contributed by atoms with Gasteiger partial charge in [-0.25, -0.2) is 0 Å². The summed E-state index contributed by atoms with van der Waals surface area (Å²) in [6.07, 6.45) is 3.62. The van der Waals surface area contributed by atoms with Gasteiger partial charge < -0.3 is 5.32 Å². The molecule has 0 spiro atoms. The molecule has 0 aliphatic carbocycles. The molecule has 1 N–H and O–H groups in total. The van der Waals surface area contributed by atoms with E-state index < -0.39 is 0 Å². The van der Waals surface area contributed by atoms with Crippen molar-refractivity contribution in [2.24, 2.45) is 0 Å². The lowest BCUT2D eigenvalue weighted by atomic mass is 10.0. The molecule has 29 heavy (non-hydrogen) atoms. The second kappa shape index (κ2) is 7.44. The van der Waals surface area contributed by atoms with Gasteiger partial charge in [-0.3, -0.25) is 4.98 Å². The van der Waals surface area contributed by atoms with Crippen LogP contribution in [0.4, 0.5) is 5.82 Å². The molecule has 4 heterocycles. The van der Waals surface area contributed by atoms with Crippen LogP contribution in [-0.2, 0) is 0 Å². The predicted octanol–water partition coefficient (Wildman–Crippen LogP) is 5.09. The Hall–Kier alpha value is -3.58. The van der Waals surface area contributed by atoms with Crippen molar-refractivity contribution in [3.05, 3.63) is 83.3 Å². The van der Waals surface area contributed by atoms with Gasteiger partial charge in [-0.1, -0.05) is 24.3 Å². The number of pyridine rings is 1. The highest BCUT2D eigenvalue weighted by Crippen LogP contribution is 2.24. The van der Waals surface area contributed by atoms with Crippen LogP contribution in [0.1, 0.15) is 18.5 Å². The van der Waals surface area contributed by atoms with Gasteiger partial charge in [0.25, 0.3) is 0 Å². The van der Waals surface area contributed by atoms with Gasteiger partial charge in [-0.2, -0.15) is 15.9 Å². The SMILES string of the molecule is CC(Nc1ccc2nnc(-c3ccsc3)n2n1)c1ccc(-c2ccncc2)cc1. The largest absolute Gasteiger partial charge is 0.362 e. The summed E-state index contributed by atoms with van der Waals surface area (Å²) < 4.78 is 1.78. The third-order valence-electron chi connectivity index (χ3n) is 4.83. The van der Waals surface area contributed by atoms with E-state index >= 15 is 0 Å². The molecule has 7 heteroatoms.